The first-order valence-corrected chi connectivity index (χ1v) is 8.10. The molecule has 2 N–H and O–H groups in total. The van der Waals surface area contributed by atoms with Gasteiger partial charge in [0.1, 0.15) is 5.75 Å². The molecule has 0 amide bonds. The van der Waals surface area contributed by atoms with Crippen LogP contribution in [0.4, 0.5) is 0 Å². The molecule has 3 rings (SSSR count). The summed E-state index contributed by atoms with van der Waals surface area (Å²) in [5.74, 6) is 1.93. The van der Waals surface area contributed by atoms with E-state index in [1.165, 1.54) is 55.2 Å². The maximum Gasteiger partial charge on any atom is 0.126 e. The highest BCUT2D eigenvalue weighted by atomic mass is 16.5. The molecule has 2 aliphatic carbocycles. The van der Waals surface area contributed by atoms with Crippen LogP contribution in [0.15, 0.2) is 12.1 Å². The Balaban J connectivity index is 1.97. The topological polar surface area (TPSA) is 35.2 Å². The molecule has 1 aromatic carbocycles. The summed E-state index contributed by atoms with van der Waals surface area (Å²) in [5.41, 5.74) is 10.3. The van der Waals surface area contributed by atoms with Gasteiger partial charge in [-0.15, -0.1) is 0 Å². The van der Waals surface area contributed by atoms with Gasteiger partial charge in [-0.2, -0.15) is 0 Å². The largest absolute Gasteiger partial charge is 0.493 e. The quantitative estimate of drug-likeness (QED) is 0.884. The van der Waals surface area contributed by atoms with Gasteiger partial charge in [-0.3, -0.25) is 0 Å². The van der Waals surface area contributed by atoms with Crippen LogP contribution in [0.2, 0.25) is 0 Å². The highest BCUT2D eigenvalue weighted by Crippen LogP contribution is 2.46. The van der Waals surface area contributed by atoms with Crippen molar-refractivity contribution in [3.05, 3.63) is 28.8 Å². The molecule has 0 saturated heterocycles. The van der Waals surface area contributed by atoms with Crippen LogP contribution < -0.4 is 10.5 Å². The zero-order valence-electron chi connectivity index (χ0n) is 12.9. The Labute approximate surface area is 122 Å². The van der Waals surface area contributed by atoms with Gasteiger partial charge in [-0.1, -0.05) is 25.0 Å². The number of hydrogen-bond acceptors (Lipinski definition) is 2. The molecule has 2 heteroatoms. The van der Waals surface area contributed by atoms with E-state index in [0.29, 0.717) is 0 Å². The van der Waals surface area contributed by atoms with Crippen LogP contribution in [0, 0.1) is 19.8 Å². The van der Waals surface area contributed by atoms with Gasteiger partial charge >= 0.3 is 0 Å². The van der Waals surface area contributed by atoms with Gasteiger partial charge in [0.05, 0.1) is 6.61 Å². The summed E-state index contributed by atoms with van der Waals surface area (Å²) < 4.78 is 6.26. The lowest BCUT2D eigenvalue weighted by Gasteiger charge is -2.31. The van der Waals surface area contributed by atoms with Crippen LogP contribution in [-0.4, -0.2) is 13.2 Å². The van der Waals surface area contributed by atoms with Crippen molar-refractivity contribution in [2.24, 2.45) is 11.7 Å². The van der Waals surface area contributed by atoms with Crippen LogP contribution in [0.25, 0.3) is 0 Å². The number of rotatable bonds is 5. The predicted octanol–water partition coefficient (Wildman–Crippen LogP) is 3.86. The molecule has 2 saturated carbocycles. The van der Waals surface area contributed by atoms with Gasteiger partial charge in [0, 0.05) is 17.5 Å². The van der Waals surface area contributed by atoms with Crippen molar-refractivity contribution in [2.75, 3.05) is 13.2 Å². The minimum Gasteiger partial charge on any atom is -0.493 e. The van der Waals surface area contributed by atoms with E-state index in [-0.39, 0.29) is 5.41 Å². The first-order valence-electron chi connectivity index (χ1n) is 8.10. The SMILES string of the molecule is Cc1ccc(C2(CN)CCCC2)c(OCC2CC2)c1C. The zero-order valence-corrected chi connectivity index (χ0v) is 12.9. The Kier molecular flexibility index (Phi) is 3.76. The smallest absolute Gasteiger partial charge is 0.126 e. The standard InChI is InChI=1S/C18H27NO/c1-13-5-8-16(18(12-19)9-3-4-10-18)17(14(13)2)20-11-15-6-7-15/h5,8,15H,3-4,6-7,9-12,19H2,1-2H3. The maximum absolute atomic E-state index is 6.26. The number of hydrogen-bond donors (Lipinski definition) is 1. The molecule has 0 radical (unpaired) electrons. The number of nitrogens with two attached hydrogens (primary N) is 1. The lowest BCUT2D eigenvalue weighted by Crippen LogP contribution is -2.32. The summed E-state index contributed by atoms with van der Waals surface area (Å²) in [6, 6.07) is 4.52. The van der Waals surface area contributed by atoms with Gasteiger partial charge in [0.2, 0.25) is 0 Å². The molecule has 2 aliphatic rings. The lowest BCUT2D eigenvalue weighted by atomic mass is 9.77. The first-order chi connectivity index (χ1) is 9.66. The van der Waals surface area contributed by atoms with E-state index in [1.54, 1.807) is 0 Å². The van der Waals surface area contributed by atoms with E-state index < -0.39 is 0 Å². The first kappa shape index (κ1) is 13.9. The molecule has 110 valence electrons. The minimum atomic E-state index is 0.164. The Hall–Kier alpha value is -1.02. The van der Waals surface area contributed by atoms with Crippen molar-refractivity contribution in [1.29, 1.82) is 0 Å². The Morgan fingerprint density at radius 2 is 1.90 bits per heavy atom. The molecule has 20 heavy (non-hydrogen) atoms. The Morgan fingerprint density at radius 1 is 1.20 bits per heavy atom. The van der Waals surface area contributed by atoms with Crippen LogP contribution in [-0.2, 0) is 5.41 Å². The molecular weight excluding hydrogens is 246 g/mol. The van der Waals surface area contributed by atoms with E-state index in [9.17, 15) is 0 Å². The number of benzene rings is 1. The van der Waals surface area contributed by atoms with Crippen molar-refractivity contribution < 1.29 is 4.74 Å². The summed E-state index contributed by atoms with van der Waals surface area (Å²) in [7, 11) is 0. The van der Waals surface area contributed by atoms with Gasteiger partial charge in [0.25, 0.3) is 0 Å². The highest BCUT2D eigenvalue weighted by Gasteiger charge is 2.37. The van der Waals surface area contributed by atoms with E-state index in [4.69, 9.17) is 10.5 Å². The molecule has 2 nitrogen and oxygen atoms in total. The summed E-state index contributed by atoms with van der Waals surface area (Å²) >= 11 is 0. The fraction of sp³-hybridized carbons (Fsp3) is 0.667. The zero-order chi connectivity index (χ0) is 14.2. The van der Waals surface area contributed by atoms with Gasteiger partial charge < -0.3 is 10.5 Å². The normalized spacial score (nSPS) is 21.1. The molecule has 0 aliphatic heterocycles. The molecule has 0 unspecified atom stereocenters. The van der Waals surface area contributed by atoms with Gasteiger partial charge in [0.15, 0.2) is 0 Å². The second-order valence-corrected chi connectivity index (χ2v) is 6.83. The summed E-state index contributed by atoms with van der Waals surface area (Å²) in [5, 5.41) is 0. The van der Waals surface area contributed by atoms with Gasteiger partial charge in [-0.25, -0.2) is 0 Å². The van der Waals surface area contributed by atoms with Crippen molar-refractivity contribution >= 4 is 0 Å². The fourth-order valence-corrected chi connectivity index (χ4v) is 3.51. The molecule has 0 atom stereocenters. The molecule has 0 bridgehead atoms. The second kappa shape index (κ2) is 5.40. The number of aryl methyl sites for hydroxylation is 1. The van der Waals surface area contributed by atoms with Gasteiger partial charge in [-0.05, 0) is 56.6 Å². The van der Waals surface area contributed by atoms with E-state index in [0.717, 1.165) is 24.8 Å². The predicted molar refractivity (Wildman–Crippen MR) is 83.3 cm³/mol. The molecule has 2 fully saturated rings. The van der Waals surface area contributed by atoms with E-state index >= 15 is 0 Å². The Bertz CT molecular complexity index is 484. The Morgan fingerprint density at radius 3 is 2.50 bits per heavy atom. The molecule has 1 aromatic rings. The van der Waals surface area contributed by atoms with Crippen molar-refractivity contribution in [3.8, 4) is 5.75 Å². The van der Waals surface area contributed by atoms with E-state index in [1.807, 2.05) is 0 Å². The molecule has 0 aromatic heterocycles. The molecule has 0 spiro atoms. The van der Waals surface area contributed by atoms with Crippen LogP contribution in [0.5, 0.6) is 5.75 Å². The average molecular weight is 273 g/mol. The average Bonchev–Trinajstić information content (AvgIpc) is 3.16. The van der Waals surface area contributed by atoms with Crippen molar-refractivity contribution in [1.82, 2.24) is 0 Å². The highest BCUT2D eigenvalue weighted by molar-refractivity contribution is 5.49. The monoisotopic (exact) mass is 273 g/mol. The molecular formula is C18H27NO. The van der Waals surface area contributed by atoms with Crippen LogP contribution in [0.3, 0.4) is 0 Å². The fourth-order valence-electron chi connectivity index (χ4n) is 3.51. The second-order valence-electron chi connectivity index (χ2n) is 6.83. The third kappa shape index (κ3) is 2.46. The number of ether oxygens (including phenoxy) is 1. The lowest BCUT2D eigenvalue weighted by molar-refractivity contribution is 0.285. The molecule has 0 heterocycles. The third-order valence-electron chi connectivity index (χ3n) is 5.36. The van der Waals surface area contributed by atoms with E-state index in [2.05, 4.69) is 26.0 Å². The third-order valence-corrected chi connectivity index (χ3v) is 5.36. The summed E-state index contributed by atoms with van der Waals surface area (Å²) in [6.45, 7) is 6.00. The van der Waals surface area contributed by atoms with Crippen molar-refractivity contribution in [3.63, 3.8) is 0 Å². The maximum atomic E-state index is 6.26. The van der Waals surface area contributed by atoms with Crippen LogP contribution >= 0.6 is 0 Å². The van der Waals surface area contributed by atoms with Crippen LogP contribution in [0.1, 0.15) is 55.2 Å². The summed E-state index contributed by atoms with van der Waals surface area (Å²) in [4.78, 5) is 0. The summed E-state index contributed by atoms with van der Waals surface area (Å²) in [6.07, 6.45) is 7.69. The van der Waals surface area contributed by atoms with Crippen molar-refractivity contribution in [2.45, 2.75) is 57.8 Å². The minimum absolute atomic E-state index is 0.164.